The number of amides is 1. The van der Waals surface area contributed by atoms with Crippen LogP contribution in [0.15, 0.2) is 0 Å². The Morgan fingerprint density at radius 1 is 1.64 bits per heavy atom. The van der Waals surface area contributed by atoms with Gasteiger partial charge in [-0.1, -0.05) is 11.3 Å². The van der Waals surface area contributed by atoms with Crippen molar-refractivity contribution in [1.82, 2.24) is 4.98 Å². The molecule has 76 valence electrons. The third kappa shape index (κ3) is 2.43. The van der Waals surface area contributed by atoms with Gasteiger partial charge in [0, 0.05) is 0 Å². The molecule has 14 heavy (non-hydrogen) atoms. The third-order valence-corrected chi connectivity index (χ3v) is 2.51. The Labute approximate surface area is 83.8 Å². The van der Waals surface area contributed by atoms with Gasteiger partial charge in [0.05, 0.1) is 12.2 Å². The van der Waals surface area contributed by atoms with Crippen molar-refractivity contribution in [1.29, 1.82) is 0 Å². The number of hydrogen-bond acceptors (Lipinski definition) is 5. The first-order valence-electron chi connectivity index (χ1n) is 3.73. The molecule has 7 heteroatoms. The van der Waals surface area contributed by atoms with Crippen LogP contribution < -0.4 is 11.1 Å². The lowest BCUT2D eigenvalue weighted by atomic mass is 10.4. The van der Waals surface area contributed by atoms with E-state index in [1.807, 2.05) is 0 Å². The third-order valence-electron chi connectivity index (χ3n) is 1.40. The number of thiazole rings is 1. The summed E-state index contributed by atoms with van der Waals surface area (Å²) in [4.78, 5) is 25.1. The summed E-state index contributed by atoms with van der Waals surface area (Å²) in [7, 11) is 0. The second-order valence-corrected chi connectivity index (χ2v) is 3.56. The molecule has 0 aliphatic heterocycles. The summed E-state index contributed by atoms with van der Waals surface area (Å²) in [6.45, 7) is 1.54. The summed E-state index contributed by atoms with van der Waals surface area (Å²) in [6, 6.07) is 0. The average Bonchev–Trinajstić information content (AvgIpc) is 2.43. The van der Waals surface area contributed by atoms with Gasteiger partial charge in [-0.3, -0.25) is 4.79 Å². The number of aryl methyl sites for hydroxylation is 1. The summed E-state index contributed by atoms with van der Waals surface area (Å²) in [5.74, 6) is -1.54. The summed E-state index contributed by atoms with van der Waals surface area (Å²) in [6.07, 6.45) is 0. The Kier molecular flexibility index (Phi) is 3.03. The fraction of sp³-hybridized carbons (Fsp3) is 0.286. The standard InChI is InChI=1S/C7H9N3O3S/c1-3-5(6(12)13)14-7(10-3)9-2-4(8)11/h2H2,1H3,(H2,8,11)(H,9,10)(H,12,13). The topological polar surface area (TPSA) is 105 Å². The van der Waals surface area contributed by atoms with Crippen LogP contribution in [-0.2, 0) is 4.79 Å². The van der Waals surface area contributed by atoms with Crippen molar-refractivity contribution in [2.75, 3.05) is 11.9 Å². The van der Waals surface area contributed by atoms with Crippen LogP contribution in [0, 0.1) is 6.92 Å². The maximum atomic E-state index is 10.6. The van der Waals surface area contributed by atoms with Crippen molar-refractivity contribution in [3.63, 3.8) is 0 Å². The number of carboxylic acid groups (broad SMARTS) is 1. The van der Waals surface area contributed by atoms with Crippen molar-refractivity contribution in [3.05, 3.63) is 10.6 Å². The van der Waals surface area contributed by atoms with Crippen molar-refractivity contribution < 1.29 is 14.7 Å². The minimum atomic E-state index is -1.02. The number of carboxylic acids is 1. The van der Waals surface area contributed by atoms with Gasteiger partial charge in [-0.05, 0) is 6.92 Å². The zero-order valence-corrected chi connectivity index (χ0v) is 8.22. The molecular weight excluding hydrogens is 206 g/mol. The molecular formula is C7H9N3O3S. The van der Waals surface area contributed by atoms with Crippen LogP contribution in [0.1, 0.15) is 15.4 Å². The maximum absolute atomic E-state index is 10.6. The van der Waals surface area contributed by atoms with Gasteiger partial charge in [0.2, 0.25) is 5.91 Å². The van der Waals surface area contributed by atoms with E-state index in [2.05, 4.69) is 10.3 Å². The molecule has 0 atom stereocenters. The van der Waals surface area contributed by atoms with Gasteiger partial charge >= 0.3 is 5.97 Å². The lowest BCUT2D eigenvalue weighted by Crippen LogP contribution is -2.21. The fourth-order valence-corrected chi connectivity index (χ4v) is 1.63. The Morgan fingerprint density at radius 3 is 2.71 bits per heavy atom. The predicted molar refractivity (Wildman–Crippen MR) is 51.5 cm³/mol. The number of carbonyl (C=O) groups excluding carboxylic acids is 1. The molecule has 4 N–H and O–H groups in total. The second kappa shape index (κ2) is 4.05. The van der Waals surface area contributed by atoms with Crippen LogP contribution in [0.4, 0.5) is 5.13 Å². The first-order chi connectivity index (χ1) is 6.50. The molecule has 6 nitrogen and oxygen atoms in total. The Hall–Kier alpha value is -1.63. The minimum absolute atomic E-state index is 0.0496. The van der Waals surface area contributed by atoms with Crippen LogP contribution >= 0.6 is 11.3 Å². The van der Waals surface area contributed by atoms with Crippen molar-refractivity contribution in [2.24, 2.45) is 5.73 Å². The van der Waals surface area contributed by atoms with Gasteiger partial charge in [-0.2, -0.15) is 0 Å². The van der Waals surface area contributed by atoms with Crippen molar-refractivity contribution in [3.8, 4) is 0 Å². The summed E-state index contributed by atoms with van der Waals surface area (Å²) < 4.78 is 0. The quantitative estimate of drug-likeness (QED) is 0.658. The molecule has 0 saturated heterocycles. The molecule has 0 unspecified atom stereocenters. The first-order valence-corrected chi connectivity index (χ1v) is 4.55. The SMILES string of the molecule is Cc1nc(NCC(N)=O)sc1C(=O)O. The molecule has 0 bridgehead atoms. The average molecular weight is 215 g/mol. The molecule has 1 aromatic heterocycles. The van der Waals surface area contributed by atoms with E-state index in [1.165, 1.54) is 0 Å². The molecule has 0 fully saturated rings. The molecule has 0 saturated carbocycles. The number of carbonyl (C=O) groups is 2. The molecule has 1 rings (SSSR count). The van der Waals surface area contributed by atoms with Crippen LogP contribution in [0.25, 0.3) is 0 Å². The number of aromatic nitrogens is 1. The van der Waals surface area contributed by atoms with E-state index in [1.54, 1.807) is 6.92 Å². The highest BCUT2D eigenvalue weighted by molar-refractivity contribution is 7.17. The van der Waals surface area contributed by atoms with Crippen LogP contribution in [-0.4, -0.2) is 28.5 Å². The molecule has 0 spiro atoms. The number of anilines is 1. The molecule has 1 heterocycles. The number of nitrogens with zero attached hydrogens (tertiary/aromatic N) is 1. The highest BCUT2D eigenvalue weighted by Gasteiger charge is 2.13. The number of hydrogen-bond donors (Lipinski definition) is 3. The molecule has 0 aliphatic carbocycles. The number of aromatic carboxylic acids is 1. The molecule has 1 aromatic rings. The van der Waals surface area contributed by atoms with E-state index in [-0.39, 0.29) is 11.4 Å². The van der Waals surface area contributed by atoms with E-state index in [0.717, 1.165) is 11.3 Å². The number of nitrogens with one attached hydrogen (secondary N) is 1. The first kappa shape index (κ1) is 10.5. The van der Waals surface area contributed by atoms with E-state index in [4.69, 9.17) is 10.8 Å². The summed E-state index contributed by atoms with van der Waals surface area (Å²) in [5.41, 5.74) is 5.33. The second-order valence-electron chi connectivity index (χ2n) is 2.56. The Morgan fingerprint density at radius 2 is 2.29 bits per heavy atom. The zero-order valence-electron chi connectivity index (χ0n) is 7.40. The number of nitrogens with two attached hydrogens (primary N) is 1. The number of rotatable bonds is 4. The minimum Gasteiger partial charge on any atom is -0.477 e. The maximum Gasteiger partial charge on any atom is 0.347 e. The van der Waals surface area contributed by atoms with Crippen molar-refractivity contribution >= 4 is 28.3 Å². The van der Waals surface area contributed by atoms with Crippen LogP contribution in [0.3, 0.4) is 0 Å². The Bertz CT molecular complexity index is 374. The summed E-state index contributed by atoms with van der Waals surface area (Å²) >= 11 is 0.980. The smallest absolute Gasteiger partial charge is 0.347 e. The van der Waals surface area contributed by atoms with Crippen LogP contribution in [0.5, 0.6) is 0 Å². The van der Waals surface area contributed by atoms with E-state index < -0.39 is 11.9 Å². The largest absolute Gasteiger partial charge is 0.477 e. The molecule has 1 amide bonds. The van der Waals surface area contributed by atoms with Gasteiger partial charge in [-0.25, -0.2) is 9.78 Å². The Balaban J connectivity index is 2.76. The lowest BCUT2D eigenvalue weighted by molar-refractivity contribution is -0.116. The normalized spacial score (nSPS) is 9.79. The van der Waals surface area contributed by atoms with E-state index in [9.17, 15) is 9.59 Å². The highest BCUT2D eigenvalue weighted by Crippen LogP contribution is 2.21. The fourth-order valence-electron chi connectivity index (χ4n) is 0.833. The van der Waals surface area contributed by atoms with Gasteiger partial charge in [0.25, 0.3) is 0 Å². The van der Waals surface area contributed by atoms with E-state index >= 15 is 0 Å². The van der Waals surface area contributed by atoms with E-state index in [0.29, 0.717) is 10.8 Å². The van der Waals surface area contributed by atoms with Gasteiger partial charge in [-0.15, -0.1) is 0 Å². The van der Waals surface area contributed by atoms with Crippen molar-refractivity contribution in [2.45, 2.75) is 6.92 Å². The van der Waals surface area contributed by atoms with Gasteiger partial charge in [0.1, 0.15) is 4.88 Å². The predicted octanol–water partition coefficient (Wildman–Crippen LogP) is 0.0469. The molecule has 0 aliphatic rings. The van der Waals surface area contributed by atoms with Crippen LogP contribution in [0.2, 0.25) is 0 Å². The lowest BCUT2D eigenvalue weighted by Gasteiger charge is -1.95. The van der Waals surface area contributed by atoms with Gasteiger partial charge < -0.3 is 16.2 Å². The zero-order chi connectivity index (χ0) is 10.7. The highest BCUT2D eigenvalue weighted by atomic mass is 32.1. The monoisotopic (exact) mass is 215 g/mol. The summed E-state index contributed by atoms with van der Waals surface area (Å²) in [5, 5.41) is 11.7. The number of primary amides is 1. The molecule has 0 aromatic carbocycles. The molecule has 0 radical (unpaired) electrons. The van der Waals surface area contributed by atoms with Gasteiger partial charge in [0.15, 0.2) is 5.13 Å².